The van der Waals surface area contributed by atoms with Gasteiger partial charge >= 0.3 is 6.01 Å². The zero-order valence-electron chi connectivity index (χ0n) is 17.4. The first-order valence-electron chi connectivity index (χ1n) is 10.3. The van der Waals surface area contributed by atoms with E-state index in [1.807, 2.05) is 38.1 Å². The van der Waals surface area contributed by atoms with Crippen LogP contribution in [0.3, 0.4) is 0 Å². The lowest BCUT2D eigenvalue weighted by molar-refractivity contribution is 0.0510. The molecule has 31 heavy (non-hydrogen) atoms. The number of hydrogen-bond acceptors (Lipinski definition) is 7. The van der Waals surface area contributed by atoms with Crippen LogP contribution in [0.4, 0.5) is 0 Å². The van der Waals surface area contributed by atoms with Gasteiger partial charge in [0.1, 0.15) is 11.8 Å². The van der Waals surface area contributed by atoms with Crippen LogP contribution < -0.4 is 14.2 Å². The second kappa shape index (κ2) is 7.90. The molecule has 4 heterocycles. The van der Waals surface area contributed by atoms with Gasteiger partial charge in [-0.05, 0) is 57.0 Å². The van der Waals surface area contributed by atoms with Gasteiger partial charge in [-0.2, -0.15) is 5.10 Å². The van der Waals surface area contributed by atoms with Gasteiger partial charge in [-0.15, -0.1) is 0 Å². The molecule has 0 radical (unpaired) electrons. The minimum Gasteiger partial charge on any atom is -0.458 e. The van der Waals surface area contributed by atoms with Gasteiger partial charge in [0.25, 0.3) is 5.91 Å². The first-order valence-corrected chi connectivity index (χ1v) is 10.3. The number of H-pyrrole nitrogens is 1. The fourth-order valence-corrected chi connectivity index (χ4v) is 3.92. The van der Waals surface area contributed by atoms with Crippen LogP contribution >= 0.6 is 0 Å². The molecule has 0 spiro atoms. The Morgan fingerprint density at radius 2 is 1.94 bits per heavy atom. The summed E-state index contributed by atoms with van der Waals surface area (Å²) < 4.78 is 16.8. The molecule has 9 nitrogen and oxygen atoms in total. The van der Waals surface area contributed by atoms with Crippen molar-refractivity contribution >= 4 is 5.91 Å². The van der Waals surface area contributed by atoms with Crippen molar-refractivity contribution < 1.29 is 19.0 Å². The van der Waals surface area contributed by atoms with Crippen LogP contribution in [0.25, 0.3) is 11.3 Å². The molecule has 160 valence electrons. The van der Waals surface area contributed by atoms with Gasteiger partial charge in [0.2, 0.25) is 6.79 Å². The predicted octanol–water partition coefficient (Wildman–Crippen LogP) is 2.90. The molecule has 1 N–H and O–H groups in total. The third-order valence-corrected chi connectivity index (χ3v) is 5.38. The van der Waals surface area contributed by atoms with E-state index in [4.69, 9.17) is 14.2 Å². The SMILES string of the molecule is Cc1cc(C)nc(OC2CCCN(C(=O)c3cc(-c4ccc5c(c4)OCO5)n[nH]3)C2)n1. The average Bonchev–Trinajstić information content (AvgIpc) is 3.42. The van der Waals surface area contributed by atoms with E-state index in [9.17, 15) is 4.79 Å². The molecule has 1 unspecified atom stereocenters. The van der Waals surface area contributed by atoms with E-state index >= 15 is 0 Å². The molecular formula is C22H23N5O4. The molecule has 1 aromatic carbocycles. The van der Waals surface area contributed by atoms with Crippen molar-refractivity contribution in [2.24, 2.45) is 0 Å². The summed E-state index contributed by atoms with van der Waals surface area (Å²) in [5.74, 6) is 1.29. The number of carbonyl (C=O) groups excluding carboxylic acids is 1. The molecule has 0 aliphatic carbocycles. The molecule has 1 amide bonds. The van der Waals surface area contributed by atoms with Crippen LogP contribution in [-0.2, 0) is 0 Å². The molecule has 1 atom stereocenters. The van der Waals surface area contributed by atoms with E-state index in [-0.39, 0.29) is 18.8 Å². The lowest BCUT2D eigenvalue weighted by Gasteiger charge is -2.32. The minimum atomic E-state index is -0.143. The van der Waals surface area contributed by atoms with Gasteiger partial charge in [-0.25, -0.2) is 9.97 Å². The Labute approximate surface area is 179 Å². The number of rotatable bonds is 4. The van der Waals surface area contributed by atoms with Crippen LogP contribution in [0.2, 0.25) is 0 Å². The number of nitrogens with one attached hydrogen (secondary N) is 1. The quantitative estimate of drug-likeness (QED) is 0.691. The maximum atomic E-state index is 13.1. The van der Waals surface area contributed by atoms with Crippen molar-refractivity contribution in [2.45, 2.75) is 32.8 Å². The van der Waals surface area contributed by atoms with Gasteiger partial charge in [0.15, 0.2) is 11.5 Å². The van der Waals surface area contributed by atoms with E-state index < -0.39 is 0 Å². The zero-order chi connectivity index (χ0) is 21.4. The third kappa shape index (κ3) is 4.03. The molecule has 1 fully saturated rings. The van der Waals surface area contributed by atoms with Crippen LogP contribution in [0.5, 0.6) is 17.5 Å². The summed E-state index contributed by atoms with van der Waals surface area (Å²) in [7, 11) is 0. The molecule has 0 bridgehead atoms. The Hall–Kier alpha value is -3.62. The number of piperidine rings is 1. The molecule has 9 heteroatoms. The molecule has 1 saturated heterocycles. The number of aromatic amines is 1. The van der Waals surface area contributed by atoms with Crippen LogP contribution in [0.15, 0.2) is 30.3 Å². The number of fused-ring (bicyclic) bond motifs is 1. The summed E-state index contributed by atoms with van der Waals surface area (Å²) in [6, 6.07) is 9.63. The highest BCUT2D eigenvalue weighted by atomic mass is 16.7. The number of ether oxygens (including phenoxy) is 3. The maximum absolute atomic E-state index is 13.1. The van der Waals surface area contributed by atoms with Crippen molar-refractivity contribution in [3.8, 4) is 28.8 Å². The first-order chi connectivity index (χ1) is 15.0. The summed E-state index contributed by atoms with van der Waals surface area (Å²) in [5, 5.41) is 7.18. The summed E-state index contributed by atoms with van der Waals surface area (Å²) in [6.45, 7) is 5.19. The largest absolute Gasteiger partial charge is 0.458 e. The van der Waals surface area contributed by atoms with Crippen molar-refractivity contribution in [1.82, 2.24) is 25.1 Å². The molecule has 2 aromatic heterocycles. The highest BCUT2D eigenvalue weighted by Crippen LogP contribution is 2.35. The van der Waals surface area contributed by atoms with Gasteiger partial charge in [-0.1, -0.05) is 0 Å². The monoisotopic (exact) mass is 421 g/mol. The standard InChI is InChI=1S/C22H23N5O4/c1-13-8-14(2)24-22(23-13)31-16-4-3-7-27(11-16)21(28)18-10-17(25-26-18)15-5-6-19-20(9-15)30-12-29-19/h5-6,8-10,16H,3-4,7,11-12H2,1-2H3,(H,25,26). The van der Waals surface area contributed by atoms with E-state index in [1.165, 1.54) is 0 Å². The van der Waals surface area contributed by atoms with Gasteiger partial charge < -0.3 is 19.1 Å². The maximum Gasteiger partial charge on any atom is 0.317 e. The van der Waals surface area contributed by atoms with Crippen molar-refractivity contribution in [1.29, 1.82) is 0 Å². The Balaban J connectivity index is 1.28. The van der Waals surface area contributed by atoms with E-state index in [2.05, 4.69) is 20.2 Å². The Morgan fingerprint density at radius 1 is 1.13 bits per heavy atom. The normalized spacial score (nSPS) is 17.6. The number of nitrogens with zero attached hydrogens (tertiary/aromatic N) is 4. The van der Waals surface area contributed by atoms with E-state index in [0.717, 1.165) is 29.8 Å². The number of hydrogen-bond donors (Lipinski definition) is 1. The number of likely N-dealkylation sites (tertiary alicyclic amines) is 1. The van der Waals surface area contributed by atoms with Crippen molar-refractivity contribution in [3.05, 3.63) is 47.4 Å². The topological polar surface area (TPSA) is 102 Å². The minimum absolute atomic E-state index is 0.103. The van der Waals surface area contributed by atoms with Crippen LogP contribution in [0, 0.1) is 13.8 Å². The molecular weight excluding hydrogens is 398 g/mol. The predicted molar refractivity (Wildman–Crippen MR) is 111 cm³/mol. The van der Waals surface area contributed by atoms with E-state index in [1.54, 1.807) is 11.0 Å². The third-order valence-electron chi connectivity index (χ3n) is 5.38. The second-order valence-corrected chi connectivity index (χ2v) is 7.80. The fraction of sp³-hybridized carbons (Fsp3) is 0.364. The van der Waals surface area contributed by atoms with E-state index in [0.29, 0.717) is 42.0 Å². The lowest BCUT2D eigenvalue weighted by Crippen LogP contribution is -2.44. The highest BCUT2D eigenvalue weighted by molar-refractivity contribution is 5.93. The Morgan fingerprint density at radius 3 is 2.77 bits per heavy atom. The van der Waals surface area contributed by atoms with Crippen molar-refractivity contribution in [2.75, 3.05) is 19.9 Å². The lowest BCUT2D eigenvalue weighted by atomic mass is 10.1. The van der Waals surface area contributed by atoms with Gasteiger partial charge in [0.05, 0.1) is 12.2 Å². The summed E-state index contributed by atoms with van der Waals surface area (Å²) in [5.41, 5.74) is 3.69. The van der Waals surface area contributed by atoms with Gasteiger partial charge in [0, 0.05) is 23.5 Å². The first kappa shape index (κ1) is 19.3. The second-order valence-electron chi connectivity index (χ2n) is 7.80. The molecule has 0 saturated carbocycles. The summed E-state index contributed by atoms with van der Waals surface area (Å²) >= 11 is 0. The Bertz CT molecular complexity index is 1110. The van der Waals surface area contributed by atoms with Crippen molar-refractivity contribution in [3.63, 3.8) is 0 Å². The number of amides is 1. The zero-order valence-corrected chi connectivity index (χ0v) is 17.4. The number of aryl methyl sites for hydroxylation is 2. The molecule has 3 aromatic rings. The number of aromatic nitrogens is 4. The molecule has 2 aliphatic heterocycles. The van der Waals surface area contributed by atoms with Crippen LogP contribution in [-0.4, -0.2) is 57.0 Å². The average molecular weight is 421 g/mol. The molecule has 5 rings (SSSR count). The summed E-state index contributed by atoms with van der Waals surface area (Å²) in [4.78, 5) is 23.5. The number of carbonyl (C=O) groups is 1. The fourth-order valence-electron chi connectivity index (χ4n) is 3.92. The van der Waals surface area contributed by atoms with Gasteiger partial charge in [-0.3, -0.25) is 9.89 Å². The Kier molecular flexibility index (Phi) is 4.93. The molecule has 2 aliphatic rings. The summed E-state index contributed by atoms with van der Waals surface area (Å²) in [6.07, 6.45) is 1.56. The highest BCUT2D eigenvalue weighted by Gasteiger charge is 2.27. The number of benzene rings is 1. The van der Waals surface area contributed by atoms with Crippen LogP contribution in [0.1, 0.15) is 34.7 Å². The smallest absolute Gasteiger partial charge is 0.317 e.